The first-order valence-corrected chi connectivity index (χ1v) is 5.59. The molecule has 5 nitrogen and oxygen atoms in total. The van der Waals surface area contributed by atoms with E-state index in [0.717, 1.165) is 11.3 Å². The number of nitrogens with one attached hydrogen (secondary N) is 1. The highest BCUT2D eigenvalue weighted by atomic mass is 16.5. The Labute approximate surface area is 105 Å². The molecule has 0 unspecified atom stereocenters. The summed E-state index contributed by atoms with van der Waals surface area (Å²) in [5.74, 6) is 0.625. The minimum atomic E-state index is -0.110. The Kier molecular flexibility index (Phi) is 3.62. The van der Waals surface area contributed by atoms with Crippen LogP contribution in [0.15, 0.2) is 36.7 Å². The second-order valence-corrected chi connectivity index (χ2v) is 3.93. The molecule has 0 saturated carbocycles. The maximum atomic E-state index is 11.8. The van der Waals surface area contributed by atoms with Gasteiger partial charge in [0.15, 0.2) is 0 Å². The van der Waals surface area contributed by atoms with Crippen molar-refractivity contribution in [1.29, 1.82) is 0 Å². The fraction of sp³-hybridized carbons (Fsp3) is 0.231. The van der Waals surface area contributed by atoms with Gasteiger partial charge in [0, 0.05) is 30.9 Å². The van der Waals surface area contributed by atoms with Crippen LogP contribution in [0.5, 0.6) is 5.75 Å². The van der Waals surface area contributed by atoms with Crippen molar-refractivity contribution in [3.63, 3.8) is 0 Å². The van der Waals surface area contributed by atoms with E-state index in [4.69, 9.17) is 4.74 Å². The fourth-order valence-electron chi connectivity index (χ4n) is 1.59. The van der Waals surface area contributed by atoms with Crippen molar-refractivity contribution in [3.8, 4) is 5.75 Å². The van der Waals surface area contributed by atoms with E-state index in [1.165, 1.54) is 0 Å². The Morgan fingerprint density at radius 3 is 2.67 bits per heavy atom. The van der Waals surface area contributed by atoms with Gasteiger partial charge in [0.1, 0.15) is 5.75 Å². The topological polar surface area (TPSA) is 56.1 Å². The molecule has 0 aliphatic carbocycles. The van der Waals surface area contributed by atoms with Gasteiger partial charge in [0.05, 0.1) is 13.3 Å². The average molecular weight is 245 g/mol. The molecule has 0 saturated heterocycles. The van der Waals surface area contributed by atoms with E-state index in [1.807, 2.05) is 13.2 Å². The normalized spacial score (nSPS) is 10.1. The van der Waals surface area contributed by atoms with Crippen molar-refractivity contribution in [1.82, 2.24) is 15.1 Å². The van der Waals surface area contributed by atoms with Crippen molar-refractivity contribution < 1.29 is 9.53 Å². The molecular weight excluding hydrogens is 230 g/mol. The molecule has 1 aromatic heterocycles. The van der Waals surface area contributed by atoms with Gasteiger partial charge in [-0.3, -0.25) is 9.48 Å². The highest BCUT2D eigenvalue weighted by Crippen LogP contribution is 2.11. The summed E-state index contributed by atoms with van der Waals surface area (Å²) in [6, 6.07) is 6.99. The molecule has 1 amide bonds. The number of nitrogens with zero attached hydrogens (tertiary/aromatic N) is 2. The smallest absolute Gasteiger partial charge is 0.251 e. The van der Waals surface area contributed by atoms with Crippen LogP contribution in [0.25, 0.3) is 0 Å². The highest BCUT2D eigenvalue weighted by Gasteiger charge is 2.05. The predicted molar refractivity (Wildman–Crippen MR) is 67.4 cm³/mol. The maximum Gasteiger partial charge on any atom is 0.251 e. The molecule has 2 aromatic rings. The maximum absolute atomic E-state index is 11.8. The van der Waals surface area contributed by atoms with Crippen molar-refractivity contribution in [2.75, 3.05) is 7.11 Å². The van der Waals surface area contributed by atoms with E-state index < -0.39 is 0 Å². The zero-order valence-electron chi connectivity index (χ0n) is 10.4. The lowest BCUT2D eigenvalue weighted by Gasteiger charge is -2.04. The minimum Gasteiger partial charge on any atom is -0.497 e. The van der Waals surface area contributed by atoms with Crippen LogP contribution in [-0.4, -0.2) is 22.8 Å². The summed E-state index contributed by atoms with van der Waals surface area (Å²) in [6.07, 6.45) is 3.60. The summed E-state index contributed by atoms with van der Waals surface area (Å²) in [4.78, 5) is 11.8. The zero-order chi connectivity index (χ0) is 13.0. The monoisotopic (exact) mass is 245 g/mol. The van der Waals surface area contributed by atoms with E-state index in [1.54, 1.807) is 42.3 Å². The van der Waals surface area contributed by atoms with Crippen LogP contribution in [0, 0.1) is 0 Å². The Bertz CT molecular complexity index is 531. The van der Waals surface area contributed by atoms with Crippen molar-refractivity contribution >= 4 is 5.91 Å². The van der Waals surface area contributed by atoms with Crippen LogP contribution in [-0.2, 0) is 13.6 Å². The molecule has 2 rings (SSSR count). The third kappa shape index (κ3) is 2.88. The Balaban J connectivity index is 1.94. The summed E-state index contributed by atoms with van der Waals surface area (Å²) in [6.45, 7) is 0.471. The standard InChI is InChI=1S/C13H15N3O2/c1-16-9-10(8-15-16)7-14-13(17)11-3-5-12(18-2)6-4-11/h3-6,8-9H,7H2,1-2H3,(H,14,17). The molecule has 0 bridgehead atoms. The van der Waals surface area contributed by atoms with E-state index >= 15 is 0 Å². The van der Waals surface area contributed by atoms with Gasteiger partial charge in [0.25, 0.3) is 5.91 Å². The number of amides is 1. The molecule has 5 heteroatoms. The number of methoxy groups -OCH3 is 1. The molecule has 18 heavy (non-hydrogen) atoms. The number of hydrogen-bond donors (Lipinski definition) is 1. The minimum absolute atomic E-state index is 0.110. The van der Waals surface area contributed by atoms with Gasteiger partial charge >= 0.3 is 0 Å². The molecule has 0 aliphatic heterocycles. The number of rotatable bonds is 4. The summed E-state index contributed by atoms with van der Waals surface area (Å²) in [7, 11) is 3.44. The quantitative estimate of drug-likeness (QED) is 0.884. The molecule has 0 fully saturated rings. The van der Waals surface area contributed by atoms with Crippen molar-refractivity contribution in [3.05, 3.63) is 47.8 Å². The van der Waals surface area contributed by atoms with Crippen LogP contribution in [0.4, 0.5) is 0 Å². The summed E-state index contributed by atoms with van der Waals surface area (Å²) in [5, 5.41) is 6.87. The lowest BCUT2D eigenvalue weighted by Crippen LogP contribution is -2.22. The van der Waals surface area contributed by atoms with Gasteiger partial charge in [-0.2, -0.15) is 5.10 Å². The molecule has 0 radical (unpaired) electrons. The molecule has 0 aliphatic rings. The first kappa shape index (κ1) is 12.2. The average Bonchev–Trinajstić information content (AvgIpc) is 2.82. The van der Waals surface area contributed by atoms with Crippen molar-refractivity contribution in [2.45, 2.75) is 6.54 Å². The van der Waals surface area contributed by atoms with E-state index in [0.29, 0.717) is 12.1 Å². The van der Waals surface area contributed by atoms with E-state index in [-0.39, 0.29) is 5.91 Å². The van der Waals surface area contributed by atoms with Crippen LogP contribution < -0.4 is 10.1 Å². The van der Waals surface area contributed by atoms with E-state index in [2.05, 4.69) is 10.4 Å². The SMILES string of the molecule is COc1ccc(C(=O)NCc2cnn(C)c2)cc1. The highest BCUT2D eigenvalue weighted by molar-refractivity contribution is 5.94. The number of carbonyl (C=O) groups excluding carboxylic acids is 1. The summed E-state index contributed by atoms with van der Waals surface area (Å²) < 4.78 is 6.74. The first-order chi connectivity index (χ1) is 8.69. The molecule has 0 atom stereocenters. The van der Waals surface area contributed by atoms with Gasteiger partial charge in [0.2, 0.25) is 0 Å². The third-order valence-electron chi connectivity index (χ3n) is 2.56. The second kappa shape index (κ2) is 5.35. The van der Waals surface area contributed by atoms with Crippen molar-refractivity contribution in [2.24, 2.45) is 7.05 Å². The Hall–Kier alpha value is -2.30. The molecule has 1 aromatic carbocycles. The zero-order valence-corrected chi connectivity index (χ0v) is 10.4. The third-order valence-corrected chi connectivity index (χ3v) is 2.56. The number of carbonyl (C=O) groups is 1. The second-order valence-electron chi connectivity index (χ2n) is 3.93. The number of benzene rings is 1. The predicted octanol–water partition coefficient (Wildman–Crippen LogP) is 1.36. The van der Waals surface area contributed by atoms with E-state index in [9.17, 15) is 4.79 Å². The van der Waals surface area contributed by atoms with Crippen LogP contribution in [0.1, 0.15) is 15.9 Å². The first-order valence-electron chi connectivity index (χ1n) is 5.59. The Morgan fingerprint density at radius 2 is 2.11 bits per heavy atom. The number of ether oxygens (including phenoxy) is 1. The lowest BCUT2D eigenvalue weighted by molar-refractivity contribution is 0.0951. The van der Waals surface area contributed by atoms with Gasteiger partial charge in [-0.15, -0.1) is 0 Å². The van der Waals surface area contributed by atoms with Crippen LogP contribution in [0.3, 0.4) is 0 Å². The molecule has 94 valence electrons. The van der Waals surface area contributed by atoms with Crippen LogP contribution >= 0.6 is 0 Å². The van der Waals surface area contributed by atoms with Gasteiger partial charge in [-0.05, 0) is 24.3 Å². The van der Waals surface area contributed by atoms with Crippen LogP contribution in [0.2, 0.25) is 0 Å². The van der Waals surface area contributed by atoms with Gasteiger partial charge in [-0.25, -0.2) is 0 Å². The molecule has 0 spiro atoms. The largest absolute Gasteiger partial charge is 0.497 e. The molecule has 1 N–H and O–H groups in total. The summed E-state index contributed by atoms with van der Waals surface area (Å²) >= 11 is 0. The summed E-state index contributed by atoms with van der Waals surface area (Å²) in [5.41, 5.74) is 1.58. The number of aryl methyl sites for hydroxylation is 1. The lowest BCUT2D eigenvalue weighted by atomic mass is 10.2. The number of hydrogen-bond acceptors (Lipinski definition) is 3. The van der Waals surface area contributed by atoms with Gasteiger partial charge < -0.3 is 10.1 Å². The Morgan fingerprint density at radius 1 is 1.39 bits per heavy atom. The molecule has 1 heterocycles. The fourth-order valence-corrected chi connectivity index (χ4v) is 1.59. The number of aromatic nitrogens is 2. The van der Waals surface area contributed by atoms with Gasteiger partial charge in [-0.1, -0.05) is 0 Å². The molecular formula is C13H15N3O2.